The van der Waals surface area contributed by atoms with E-state index in [1.807, 2.05) is 0 Å². The molecule has 2 nitrogen and oxygen atoms in total. The van der Waals surface area contributed by atoms with Crippen LogP contribution in [0.5, 0.6) is 0 Å². The standard InChI is InChI=1S/C6H13NO/c1-5-2-6(8)4-7-3-5/h5-8H,2-4H2,1H3/t5-,6?/m1/s1. The second-order valence-electron chi connectivity index (χ2n) is 2.65. The summed E-state index contributed by atoms with van der Waals surface area (Å²) in [6.07, 6.45) is 0.867. The molecule has 1 aliphatic rings. The van der Waals surface area contributed by atoms with Gasteiger partial charge in [0.1, 0.15) is 0 Å². The number of hydrogen-bond acceptors (Lipinski definition) is 2. The molecule has 8 heavy (non-hydrogen) atoms. The van der Waals surface area contributed by atoms with Gasteiger partial charge in [0.25, 0.3) is 0 Å². The molecule has 2 heteroatoms. The molecule has 48 valence electrons. The molecule has 0 amide bonds. The monoisotopic (exact) mass is 115 g/mol. The first-order valence-electron chi connectivity index (χ1n) is 3.18. The van der Waals surface area contributed by atoms with Crippen LogP contribution in [-0.2, 0) is 0 Å². The number of piperidine rings is 1. The fourth-order valence-electron chi connectivity index (χ4n) is 1.13. The van der Waals surface area contributed by atoms with Crippen molar-refractivity contribution in [3.05, 3.63) is 0 Å². The Balaban J connectivity index is 2.23. The zero-order valence-corrected chi connectivity index (χ0v) is 5.22. The fraction of sp³-hybridized carbons (Fsp3) is 1.00. The number of β-amino-alcohol motifs (C(OH)–C–C–N with tert-alkyl or cyclic N) is 1. The van der Waals surface area contributed by atoms with Gasteiger partial charge in [-0.1, -0.05) is 6.92 Å². The average Bonchev–Trinajstić information content (AvgIpc) is 1.64. The lowest BCUT2D eigenvalue weighted by Crippen LogP contribution is -2.38. The van der Waals surface area contributed by atoms with Gasteiger partial charge in [0.15, 0.2) is 0 Å². The second kappa shape index (κ2) is 2.46. The van der Waals surface area contributed by atoms with Gasteiger partial charge in [-0.05, 0) is 18.9 Å². The molecule has 0 bridgehead atoms. The van der Waals surface area contributed by atoms with E-state index in [4.69, 9.17) is 5.11 Å². The Morgan fingerprint density at radius 2 is 2.25 bits per heavy atom. The van der Waals surface area contributed by atoms with Crippen molar-refractivity contribution in [1.82, 2.24) is 5.32 Å². The van der Waals surface area contributed by atoms with Gasteiger partial charge in [-0.25, -0.2) is 0 Å². The highest BCUT2D eigenvalue weighted by atomic mass is 16.3. The molecule has 2 N–H and O–H groups in total. The smallest absolute Gasteiger partial charge is 0.0667 e. The first-order chi connectivity index (χ1) is 3.79. The number of hydrogen-bond donors (Lipinski definition) is 2. The minimum absolute atomic E-state index is 0.0984. The van der Waals surface area contributed by atoms with Crippen LogP contribution in [0.1, 0.15) is 13.3 Å². The Hall–Kier alpha value is -0.0800. The Kier molecular flexibility index (Phi) is 1.86. The first-order valence-corrected chi connectivity index (χ1v) is 3.18. The molecule has 0 aromatic carbocycles. The normalized spacial score (nSPS) is 39.8. The molecule has 2 atom stereocenters. The molecule has 1 saturated heterocycles. The molecule has 1 unspecified atom stereocenters. The molecular weight excluding hydrogens is 102 g/mol. The van der Waals surface area contributed by atoms with Gasteiger partial charge in [0.2, 0.25) is 0 Å². The highest BCUT2D eigenvalue weighted by molar-refractivity contribution is 4.71. The molecule has 0 aliphatic carbocycles. The van der Waals surface area contributed by atoms with Crippen LogP contribution in [0.25, 0.3) is 0 Å². The van der Waals surface area contributed by atoms with Gasteiger partial charge in [0, 0.05) is 6.54 Å². The average molecular weight is 115 g/mol. The lowest BCUT2D eigenvalue weighted by atomic mass is 10.0. The zero-order valence-electron chi connectivity index (χ0n) is 5.22. The second-order valence-corrected chi connectivity index (χ2v) is 2.65. The summed E-state index contributed by atoms with van der Waals surface area (Å²) in [5, 5.41) is 12.2. The van der Waals surface area contributed by atoms with Crippen LogP contribution in [0.4, 0.5) is 0 Å². The SMILES string of the molecule is C[C@H]1CNCC(O)C1. The van der Waals surface area contributed by atoms with Crippen molar-refractivity contribution in [3.8, 4) is 0 Å². The molecule has 1 heterocycles. The maximum atomic E-state index is 9.02. The van der Waals surface area contributed by atoms with Gasteiger partial charge in [0.05, 0.1) is 6.10 Å². The third-order valence-corrected chi connectivity index (χ3v) is 1.55. The molecule has 0 saturated carbocycles. The molecule has 0 radical (unpaired) electrons. The quantitative estimate of drug-likeness (QED) is 0.465. The van der Waals surface area contributed by atoms with Crippen LogP contribution >= 0.6 is 0 Å². The van der Waals surface area contributed by atoms with Crippen molar-refractivity contribution in [3.63, 3.8) is 0 Å². The van der Waals surface area contributed by atoms with Crippen molar-refractivity contribution in [2.45, 2.75) is 19.4 Å². The predicted octanol–water partition coefficient (Wildman–Crippen LogP) is -0.0233. The molecule has 1 rings (SSSR count). The molecule has 0 aromatic rings. The van der Waals surface area contributed by atoms with Crippen molar-refractivity contribution in [2.75, 3.05) is 13.1 Å². The van der Waals surface area contributed by atoms with Crippen molar-refractivity contribution >= 4 is 0 Å². The Morgan fingerprint density at radius 3 is 2.62 bits per heavy atom. The number of nitrogens with one attached hydrogen (secondary N) is 1. The van der Waals surface area contributed by atoms with Crippen molar-refractivity contribution < 1.29 is 5.11 Å². The Bertz CT molecular complexity index is 66.9. The first kappa shape index (κ1) is 6.05. The number of rotatable bonds is 0. The molecule has 1 fully saturated rings. The summed E-state index contributed by atoms with van der Waals surface area (Å²) >= 11 is 0. The highest BCUT2D eigenvalue weighted by Gasteiger charge is 2.14. The van der Waals surface area contributed by atoms with Gasteiger partial charge in [-0.2, -0.15) is 0 Å². The van der Waals surface area contributed by atoms with Crippen LogP contribution in [0.3, 0.4) is 0 Å². The Labute approximate surface area is 49.9 Å². The number of aliphatic hydroxyl groups excluding tert-OH is 1. The van der Waals surface area contributed by atoms with E-state index in [0.29, 0.717) is 5.92 Å². The van der Waals surface area contributed by atoms with E-state index in [9.17, 15) is 0 Å². The summed E-state index contributed by atoms with van der Waals surface area (Å²) in [6.45, 7) is 4.00. The largest absolute Gasteiger partial charge is 0.392 e. The van der Waals surface area contributed by atoms with Gasteiger partial charge in [-0.15, -0.1) is 0 Å². The maximum absolute atomic E-state index is 9.02. The van der Waals surface area contributed by atoms with Crippen LogP contribution in [0.2, 0.25) is 0 Å². The van der Waals surface area contributed by atoms with Gasteiger partial charge < -0.3 is 10.4 Å². The minimum atomic E-state index is -0.0984. The molecule has 0 spiro atoms. The molecule has 0 aromatic heterocycles. The fourth-order valence-corrected chi connectivity index (χ4v) is 1.13. The lowest BCUT2D eigenvalue weighted by molar-refractivity contribution is 0.119. The van der Waals surface area contributed by atoms with E-state index in [0.717, 1.165) is 19.5 Å². The van der Waals surface area contributed by atoms with E-state index in [2.05, 4.69) is 12.2 Å². The van der Waals surface area contributed by atoms with Crippen molar-refractivity contribution in [2.24, 2.45) is 5.92 Å². The van der Waals surface area contributed by atoms with Crippen LogP contribution in [0.15, 0.2) is 0 Å². The van der Waals surface area contributed by atoms with Gasteiger partial charge in [-0.3, -0.25) is 0 Å². The topological polar surface area (TPSA) is 32.3 Å². The predicted molar refractivity (Wildman–Crippen MR) is 32.7 cm³/mol. The third-order valence-electron chi connectivity index (χ3n) is 1.55. The van der Waals surface area contributed by atoms with E-state index in [-0.39, 0.29) is 6.10 Å². The summed E-state index contributed by atoms with van der Waals surface area (Å²) in [4.78, 5) is 0. The summed E-state index contributed by atoms with van der Waals surface area (Å²) in [6, 6.07) is 0. The lowest BCUT2D eigenvalue weighted by Gasteiger charge is -2.23. The third kappa shape index (κ3) is 1.46. The van der Waals surface area contributed by atoms with E-state index in [1.54, 1.807) is 0 Å². The van der Waals surface area contributed by atoms with E-state index >= 15 is 0 Å². The summed E-state index contributed by atoms with van der Waals surface area (Å²) in [5.41, 5.74) is 0. The van der Waals surface area contributed by atoms with Crippen molar-refractivity contribution in [1.29, 1.82) is 0 Å². The summed E-state index contributed by atoms with van der Waals surface area (Å²) in [5.74, 6) is 0.652. The van der Waals surface area contributed by atoms with Crippen LogP contribution in [0, 0.1) is 5.92 Å². The number of aliphatic hydroxyl groups is 1. The Morgan fingerprint density at radius 1 is 1.50 bits per heavy atom. The maximum Gasteiger partial charge on any atom is 0.0667 e. The molecular formula is C6H13NO. The van der Waals surface area contributed by atoms with Crippen LogP contribution < -0.4 is 5.32 Å². The van der Waals surface area contributed by atoms with E-state index < -0.39 is 0 Å². The van der Waals surface area contributed by atoms with E-state index in [1.165, 1.54) is 0 Å². The summed E-state index contributed by atoms with van der Waals surface area (Å²) < 4.78 is 0. The van der Waals surface area contributed by atoms with Crippen LogP contribution in [-0.4, -0.2) is 24.3 Å². The summed E-state index contributed by atoms with van der Waals surface area (Å²) in [7, 11) is 0. The minimum Gasteiger partial charge on any atom is -0.392 e. The van der Waals surface area contributed by atoms with Gasteiger partial charge >= 0.3 is 0 Å². The highest BCUT2D eigenvalue weighted by Crippen LogP contribution is 2.07. The zero-order chi connectivity index (χ0) is 5.98. The molecule has 1 aliphatic heterocycles.